The smallest absolute Gasteiger partial charge is 0.273 e. The third kappa shape index (κ3) is 6.34. The SMILES string of the molecule is CN(CCNC(=O)CCc1ccc2c(c1)OCO2)CCNC(=O)c1nc(Cl)c(N)nc1N. The number of benzene rings is 1. The first-order chi connectivity index (χ1) is 15.3. The number of nitrogens with two attached hydrogens (primary N) is 2. The first-order valence-corrected chi connectivity index (χ1v) is 10.4. The predicted molar refractivity (Wildman–Crippen MR) is 120 cm³/mol. The fourth-order valence-corrected chi connectivity index (χ4v) is 3.12. The number of amides is 2. The van der Waals surface area contributed by atoms with Crippen molar-refractivity contribution in [2.75, 3.05) is 51.5 Å². The van der Waals surface area contributed by atoms with Gasteiger partial charge in [-0.15, -0.1) is 0 Å². The summed E-state index contributed by atoms with van der Waals surface area (Å²) >= 11 is 5.79. The number of rotatable bonds is 10. The van der Waals surface area contributed by atoms with Gasteiger partial charge in [0.15, 0.2) is 34.0 Å². The van der Waals surface area contributed by atoms with Gasteiger partial charge in [-0.1, -0.05) is 17.7 Å². The molecule has 1 aliphatic rings. The second-order valence-corrected chi connectivity index (χ2v) is 7.59. The van der Waals surface area contributed by atoms with Crippen LogP contribution in [0.5, 0.6) is 11.5 Å². The zero-order chi connectivity index (χ0) is 23.1. The summed E-state index contributed by atoms with van der Waals surface area (Å²) in [4.78, 5) is 33.9. The van der Waals surface area contributed by atoms with E-state index in [0.717, 1.165) is 11.3 Å². The van der Waals surface area contributed by atoms with E-state index in [9.17, 15) is 9.59 Å². The Morgan fingerprint density at radius 1 is 1.09 bits per heavy atom. The van der Waals surface area contributed by atoms with E-state index in [1.54, 1.807) is 0 Å². The summed E-state index contributed by atoms with van der Waals surface area (Å²) in [5.41, 5.74) is 12.1. The summed E-state index contributed by atoms with van der Waals surface area (Å²) in [5, 5.41) is 5.53. The molecular formula is C20H26ClN7O4. The summed E-state index contributed by atoms with van der Waals surface area (Å²) < 4.78 is 10.6. The van der Waals surface area contributed by atoms with Crippen LogP contribution in [0.15, 0.2) is 18.2 Å². The molecule has 12 heteroatoms. The first-order valence-electron chi connectivity index (χ1n) is 10.0. The maximum Gasteiger partial charge on any atom is 0.273 e. The first kappa shape index (κ1) is 23.4. The van der Waals surface area contributed by atoms with Gasteiger partial charge >= 0.3 is 0 Å². The molecule has 1 aromatic heterocycles. The lowest BCUT2D eigenvalue weighted by molar-refractivity contribution is -0.121. The molecule has 0 fully saturated rings. The fourth-order valence-electron chi connectivity index (χ4n) is 2.99. The van der Waals surface area contributed by atoms with Crippen molar-refractivity contribution in [2.45, 2.75) is 12.8 Å². The van der Waals surface area contributed by atoms with Crippen LogP contribution in [0.25, 0.3) is 0 Å². The Hall–Kier alpha value is -3.31. The maximum absolute atomic E-state index is 12.2. The molecule has 0 aliphatic carbocycles. The highest BCUT2D eigenvalue weighted by Crippen LogP contribution is 2.32. The molecule has 0 bridgehead atoms. The van der Waals surface area contributed by atoms with E-state index < -0.39 is 5.91 Å². The summed E-state index contributed by atoms with van der Waals surface area (Å²) in [6, 6.07) is 5.68. The topological polar surface area (TPSA) is 158 Å². The Balaban J connectivity index is 1.30. The number of nitrogens with one attached hydrogen (secondary N) is 2. The van der Waals surface area contributed by atoms with Gasteiger partial charge in [0.25, 0.3) is 5.91 Å². The Kier molecular flexibility index (Phi) is 7.90. The lowest BCUT2D eigenvalue weighted by Gasteiger charge is -2.17. The highest BCUT2D eigenvalue weighted by atomic mass is 35.5. The maximum atomic E-state index is 12.2. The molecule has 11 nitrogen and oxygen atoms in total. The van der Waals surface area contributed by atoms with Crippen molar-refractivity contribution in [1.82, 2.24) is 25.5 Å². The Labute approximate surface area is 190 Å². The van der Waals surface area contributed by atoms with E-state index in [4.69, 9.17) is 32.5 Å². The average Bonchev–Trinajstić information content (AvgIpc) is 3.22. The van der Waals surface area contributed by atoms with Crippen molar-refractivity contribution in [2.24, 2.45) is 0 Å². The van der Waals surface area contributed by atoms with Gasteiger partial charge in [-0.05, 0) is 31.2 Å². The standard InChI is InChI=1S/C20H26ClN7O4/c1-28(9-7-25-20(30)16-18(22)27-19(23)17(21)26-16)8-6-24-15(29)5-3-12-2-4-13-14(10-12)32-11-31-13/h2,4,10H,3,5-9,11H2,1H3,(H,24,29)(H,25,30)(H4,22,23,27). The average molecular weight is 464 g/mol. The third-order valence-electron chi connectivity index (χ3n) is 4.79. The molecule has 1 aliphatic heterocycles. The zero-order valence-electron chi connectivity index (χ0n) is 17.7. The molecule has 6 N–H and O–H groups in total. The second kappa shape index (κ2) is 10.8. The predicted octanol–water partition coefficient (Wildman–Crippen LogP) is 0.434. The lowest BCUT2D eigenvalue weighted by atomic mass is 10.1. The van der Waals surface area contributed by atoms with Crippen LogP contribution < -0.4 is 31.6 Å². The molecule has 2 aromatic rings. The normalized spacial score (nSPS) is 12.1. The number of anilines is 2. The lowest BCUT2D eigenvalue weighted by Crippen LogP contribution is -2.38. The van der Waals surface area contributed by atoms with E-state index in [1.165, 1.54) is 0 Å². The minimum atomic E-state index is -0.484. The summed E-state index contributed by atoms with van der Waals surface area (Å²) in [6.07, 6.45) is 0.998. The van der Waals surface area contributed by atoms with Crippen LogP contribution in [-0.4, -0.2) is 66.7 Å². The summed E-state index contributed by atoms with van der Waals surface area (Å²) in [6.45, 7) is 2.28. The van der Waals surface area contributed by atoms with Crippen LogP contribution in [0.4, 0.5) is 11.6 Å². The Morgan fingerprint density at radius 3 is 2.59 bits per heavy atom. The number of halogens is 1. The minimum absolute atomic E-state index is 0.0290. The van der Waals surface area contributed by atoms with Gasteiger partial charge in [0, 0.05) is 32.6 Å². The van der Waals surface area contributed by atoms with Crippen molar-refractivity contribution in [3.63, 3.8) is 0 Å². The van der Waals surface area contributed by atoms with Crippen molar-refractivity contribution >= 4 is 35.1 Å². The molecule has 32 heavy (non-hydrogen) atoms. The van der Waals surface area contributed by atoms with Gasteiger partial charge in [-0.25, -0.2) is 9.97 Å². The molecule has 172 valence electrons. The van der Waals surface area contributed by atoms with Crippen LogP contribution in [0.2, 0.25) is 5.15 Å². The molecule has 0 atom stereocenters. The molecule has 0 spiro atoms. The number of fused-ring (bicyclic) bond motifs is 1. The number of ether oxygens (including phenoxy) is 2. The van der Waals surface area contributed by atoms with Gasteiger partial charge < -0.3 is 36.5 Å². The number of hydrogen-bond acceptors (Lipinski definition) is 9. The van der Waals surface area contributed by atoms with Crippen molar-refractivity contribution in [3.05, 3.63) is 34.6 Å². The molecule has 0 saturated carbocycles. The van der Waals surface area contributed by atoms with E-state index in [0.29, 0.717) is 44.8 Å². The van der Waals surface area contributed by atoms with Crippen LogP contribution >= 0.6 is 11.6 Å². The van der Waals surface area contributed by atoms with E-state index >= 15 is 0 Å². The number of hydrogen-bond donors (Lipinski definition) is 4. The van der Waals surface area contributed by atoms with Gasteiger partial charge in [-0.2, -0.15) is 0 Å². The zero-order valence-corrected chi connectivity index (χ0v) is 18.4. The number of aromatic nitrogens is 2. The molecule has 2 heterocycles. The van der Waals surface area contributed by atoms with Gasteiger partial charge in [0.1, 0.15) is 0 Å². The largest absolute Gasteiger partial charge is 0.454 e. The summed E-state index contributed by atoms with van der Waals surface area (Å²) in [7, 11) is 1.89. The quantitative estimate of drug-likeness (QED) is 0.392. The van der Waals surface area contributed by atoms with Gasteiger partial charge in [0.2, 0.25) is 12.7 Å². The number of nitrogens with zero attached hydrogens (tertiary/aromatic N) is 3. The third-order valence-corrected chi connectivity index (χ3v) is 5.07. The number of aryl methyl sites for hydroxylation is 1. The van der Waals surface area contributed by atoms with E-state index in [2.05, 4.69) is 20.6 Å². The van der Waals surface area contributed by atoms with Crippen molar-refractivity contribution < 1.29 is 19.1 Å². The second-order valence-electron chi connectivity index (χ2n) is 7.23. The minimum Gasteiger partial charge on any atom is -0.454 e. The molecule has 0 saturated heterocycles. The molecule has 1 aromatic carbocycles. The van der Waals surface area contributed by atoms with Crippen molar-refractivity contribution in [3.8, 4) is 11.5 Å². The molecule has 0 unspecified atom stereocenters. The fraction of sp³-hybridized carbons (Fsp3) is 0.400. The monoisotopic (exact) mass is 463 g/mol. The molecular weight excluding hydrogens is 438 g/mol. The molecule has 3 rings (SSSR count). The van der Waals surface area contributed by atoms with Crippen LogP contribution in [0, 0.1) is 0 Å². The molecule has 0 radical (unpaired) electrons. The molecule has 2 amide bonds. The number of carbonyl (C=O) groups is 2. The Bertz CT molecular complexity index is 989. The highest BCUT2D eigenvalue weighted by molar-refractivity contribution is 6.31. The van der Waals surface area contributed by atoms with Gasteiger partial charge in [-0.3, -0.25) is 9.59 Å². The Morgan fingerprint density at radius 2 is 1.81 bits per heavy atom. The van der Waals surface area contributed by atoms with Crippen molar-refractivity contribution in [1.29, 1.82) is 0 Å². The van der Waals surface area contributed by atoms with Crippen LogP contribution in [0.1, 0.15) is 22.5 Å². The van der Waals surface area contributed by atoms with E-state index in [1.807, 2.05) is 30.1 Å². The van der Waals surface area contributed by atoms with Crippen LogP contribution in [0.3, 0.4) is 0 Å². The number of carbonyl (C=O) groups excluding carboxylic acids is 2. The number of nitrogen functional groups attached to an aromatic ring is 2. The van der Waals surface area contributed by atoms with E-state index in [-0.39, 0.29) is 35.2 Å². The summed E-state index contributed by atoms with van der Waals surface area (Å²) in [5.74, 6) is 0.817. The highest BCUT2D eigenvalue weighted by Gasteiger charge is 2.16. The number of likely N-dealkylation sites (N-methyl/N-ethyl adjacent to an activating group) is 1. The van der Waals surface area contributed by atoms with Crippen LogP contribution in [-0.2, 0) is 11.2 Å². The van der Waals surface area contributed by atoms with Gasteiger partial charge in [0.05, 0.1) is 0 Å².